The zero-order valence-corrected chi connectivity index (χ0v) is 15.9. The number of carbonyl (C=O) groups is 1. The van der Waals surface area contributed by atoms with Gasteiger partial charge in [-0.15, -0.1) is 0 Å². The largest absolute Gasteiger partial charge is 0.397 e. The summed E-state index contributed by atoms with van der Waals surface area (Å²) in [7, 11) is -2.77. The number of hydrogen-bond acceptors (Lipinski definition) is 5. The van der Waals surface area contributed by atoms with Crippen molar-refractivity contribution in [2.24, 2.45) is 0 Å². The number of rotatable bonds is 5. The third kappa shape index (κ3) is 3.61. The number of anilines is 2. The van der Waals surface area contributed by atoms with E-state index in [-0.39, 0.29) is 11.2 Å². The minimum absolute atomic E-state index is 0.0543. The molecule has 1 unspecified atom stereocenters. The van der Waals surface area contributed by atoms with Crippen LogP contribution in [0.5, 0.6) is 0 Å². The zero-order chi connectivity index (χ0) is 19.7. The van der Waals surface area contributed by atoms with Crippen LogP contribution in [0.3, 0.4) is 0 Å². The van der Waals surface area contributed by atoms with E-state index in [0.29, 0.717) is 21.8 Å². The maximum absolute atomic E-state index is 12.6. The standard InChI is InChI=1S/C21H20N4O2S/c22-18-11-6-15(19-3-1-2-12-24-19)13-20(18)25-21(26)14-4-7-16(8-5-14)28(23,27)17-9-10-17/h1-8,11-13,17,23H,9-10,22H2,(H,25,26). The molecule has 1 atom stereocenters. The number of amides is 1. The molecule has 1 heterocycles. The lowest BCUT2D eigenvalue weighted by molar-refractivity contribution is 0.102. The van der Waals surface area contributed by atoms with Gasteiger partial charge in [-0.1, -0.05) is 12.1 Å². The van der Waals surface area contributed by atoms with Crippen LogP contribution >= 0.6 is 0 Å². The van der Waals surface area contributed by atoms with Crippen LogP contribution in [-0.2, 0) is 9.73 Å². The second-order valence-electron chi connectivity index (χ2n) is 6.80. The average Bonchev–Trinajstić information content (AvgIpc) is 3.56. The van der Waals surface area contributed by atoms with Gasteiger partial charge in [-0.3, -0.25) is 9.78 Å². The van der Waals surface area contributed by atoms with Gasteiger partial charge in [0.25, 0.3) is 5.91 Å². The first-order chi connectivity index (χ1) is 13.4. The number of nitrogen functional groups attached to an aromatic ring is 1. The molecule has 1 aliphatic rings. The molecule has 0 aliphatic heterocycles. The van der Waals surface area contributed by atoms with Crippen LogP contribution in [0.15, 0.2) is 71.8 Å². The minimum Gasteiger partial charge on any atom is -0.397 e. The highest BCUT2D eigenvalue weighted by Gasteiger charge is 2.33. The number of aromatic nitrogens is 1. The Kier molecular flexibility index (Phi) is 4.60. The lowest BCUT2D eigenvalue weighted by atomic mass is 10.1. The highest BCUT2D eigenvalue weighted by atomic mass is 32.2. The zero-order valence-electron chi connectivity index (χ0n) is 15.1. The van der Waals surface area contributed by atoms with Gasteiger partial charge in [-0.2, -0.15) is 0 Å². The fourth-order valence-corrected chi connectivity index (χ4v) is 4.68. The van der Waals surface area contributed by atoms with Crippen LogP contribution < -0.4 is 11.1 Å². The molecule has 0 radical (unpaired) electrons. The van der Waals surface area contributed by atoms with Gasteiger partial charge >= 0.3 is 0 Å². The molecule has 3 aromatic rings. The Morgan fingerprint density at radius 3 is 2.50 bits per heavy atom. The van der Waals surface area contributed by atoms with Gasteiger partial charge in [0.15, 0.2) is 0 Å². The molecule has 1 saturated carbocycles. The highest BCUT2D eigenvalue weighted by molar-refractivity contribution is 7.93. The maximum atomic E-state index is 12.6. The molecule has 1 fully saturated rings. The number of hydrogen-bond donors (Lipinski definition) is 3. The fourth-order valence-electron chi connectivity index (χ4n) is 2.95. The van der Waals surface area contributed by atoms with Gasteiger partial charge in [0.1, 0.15) is 0 Å². The van der Waals surface area contributed by atoms with Crippen molar-refractivity contribution in [1.82, 2.24) is 4.98 Å². The molecule has 4 N–H and O–H groups in total. The summed E-state index contributed by atoms with van der Waals surface area (Å²) in [6, 6.07) is 17.4. The molecule has 0 saturated heterocycles. The molecule has 1 amide bonds. The van der Waals surface area contributed by atoms with E-state index in [4.69, 9.17) is 10.5 Å². The van der Waals surface area contributed by atoms with Crippen molar-refractivity contribution in [3.05, 3.63) is 72.4 Å². The van der Waals surface area contributed by atoms with Crippen molar-refractivity contribution in [1.29, 1.82) is 4.78 Å². The molecule has 142 valence electrons. The quantitative estimate of drug-likeness (QED) is 0.567. The number of carbonyl (C=O) groups excluding carboxylic acids is 1. The molecule has 0 spiro atoms. The summed E-state index contributed by atoms with van der Waals surface area (Å²) in [6.45, 7) is 0. The summed E-state index contributed by atoms with van der Waals surface area (Å²) in [5, 5.41) is 2.77. The van der Waals surface area contributed by atoms with Gasteiger partial charge in [0, 0.05) is 27.5 Å². The molecule has 2 aromatic carbocycles. The summed E-state index contributed by atoms with van der Waals surface area (Å²) in [6.07, 6.45) is 3.37. The number of nitrogens with one attached hydrogen (secondary N) is 2. The minimum atomic E-state index is -2.77. The molecule has 6 nitrogen and oxygen atoms in total. The normalized spacial score (nSPS) is 15.6. The first-order valence-corrected chi connectivity index (χ1v) is 10.6. The molecule has 4 rings (SSSR count). The van der Waals surface area contributed by atoms with Crippen LogP contribution in [0.2, 0.25) is 0 Å². The van der Waals surface area contributed by atoms with E-state index in [9.17, 15) is 9.00 Å². The Morgan fingerprint density at radius 1 is 1.11 bits per heavy atom. The molecule has 28 heavy (non-hydrogen) atoms. The van der Waals surface area contributed by atoms with Gasteiger partial charge < -0.3 is 11.1 Å². The van der Waals surface area contributed by atoms with Gasteiger partial charge in [-0.05, 0) is 61.4 Å². The van der Waals surface area contributed by atoms with Crippen molar-refractivity contribution in [3.8, 4) is 11.3 Å². The first kappa shape index (κ1) is 18.2. The second kappa shape index (κ2) is 7.09. The summed E-state index contributed by atoms with van der Waals surface area (Å²) in [4.78, 5) is 17.4. The number of pyridine rings is 1. The third-order valence-corrected chi connectivity index (χ3v) is 7.11. The van der Waals surface area contributed by atoms with Crippen LogP contribution in [0, 0.1) is 4.78 Å². The van der Waals surface area contributed by atoms with Crippen LogP contribution in [-0.4, -0.2) is 20.3 Å². The van der Waals surface area contributed by atoms with E-state index in [1.807, 2.05) is 24.3 Å². The smallest absolute Gasteiger partial charge is 0.255 e. The predicted molar refractivity (Wildman–Crippen MR) is 111 cm³/mol. The van der Waals surface area contributed by atoms with E-state index in [1.54, 1.807) is 42.6 Å². The average molecular weight is 392 g/mol. The second-order valence-corrected chi connectivity index (χ2v) is 9.13. The highest BCUT2D eigenvalue weighted by Crippen LogP contribution is 2.34. The van der Waals surface area contributed by atoms with Crippen molar-refractivity contribution in [3.63, 3.8) is 0 Å². The van der Waals surface area contributed by atoms with E-state index in [1.165, 1.54) is 0 Å². The van der Waals surface area contributed by atoms with Crippen LogP contribution in [0.4, 0.5) is 11.4 Å². The Morgan fingerprint density at radius 2 is 1.86 bits per heavy atom. The SMILES string of the molecule is N=S(=O)(c1ccc(C(=O)Nc2cc(-c3ccccn3)ccc2N)cc1)C1CC1. The van der Waals surface area contributed by atoms with Crippen LogP contribution in [0.1, 0.15) is 23.2 Å². The van der Waals surface area contributed by atoms with Crippen molar-refractivity contribution in [2.45, 2.75) is 23.0 Å². The molecule has 1 aromatic heterocycles. The molecular weight excluding hydrogens is 372 g/mol. The summed E-state index contributed by atoms with van der Waals surface area (Å²) < 4.78 is 20.6. The van der Waals surface area contributed by atoms with E-state index in [0.717, 1.165) is 24.1 Å². The van der Waals surface area contributed by atoms with Crippen molar-refractivity contribution < 1.29 is 9.00 Å². The lowest BCUT2D eigenvalue weighted by Gasteiger charge is -2.11. The summed E-state index contributed by atoms with van der Waals surface area (Å²) in [5.74, 6) is -0.320. The van der Waals surface area contributed by atoms with Gasteiger partial charge in [0.2, 0.25) is 0 Å². The van der Waals surface area contributed by atoms with Gasteiger partial charge in [0.05, 0.1) is 26.8 Å². The maximum Gasteiger partial charge on any atom is 0.255 e. The van der Waals surface area contributed by atoms with Crippen molar-refractivity contribution in [2.75, 3.05) is 11.1 Å². The van der Waals surface area contributed by atoms with Crippen LogP contribution in [0.25, 0.3) is 11.3 Å². The lowest BCUT2D eigenvalue weighted by Crippen LogP contribution is -2.14. The summed E-state index contributed by atoms with van der Waals surface area (Å²) in [5.41, 5.74) is 9.01. The topological polar surface area (TPSA) is 109 Å². The Labute approximate surface area is 163 Å². The summed E-state index contributed by atoms with van der Waals surface area (Å²) >= 11 is 0. The number of nitrogens with zero attached hydrogens (tertiary/aromatic N) is 1. The number of nitrogens with two attached hydrogens (primary N) is 1. The molecular formula is C21H20N4O2S. The monoisotopic (exact) mass is 392 g/mol. The molecule has 7 heteroatoms. The molecule has 0 bridgehead atoms. The van der Waals surface area contributed by atoms with Crippen molar-refractivity contribution >= 4 is 27.0 Å². The van der Waals surface area contributed by atoms with E-state index < -0.39 is 9.73 Å². The Balaban J connectivity index is 1.55. The van der Waals surface area contributed by atoms with Gasteiger partial charge in [-0.25, -0.2) is 8.99 Å². The molecule has 1 aliphatic carbocycles. The van der Waals surface area contributed by atoms with E-state index >= 15 is 0 Å². The Bertz CT molecular complexity index is 1120. The third-order valence-electron chi connectivity index (χ3n) is 4.72. The predicted octanol–water partition coefficient (Wildman–Crippen LogP) is 4.15. The van der Waals surface area contributed by atoms with E-state index in [2.05, 4.69) is 10.3 Å². The fraction of sp³-hybridized carbons (Fsp3) is 0.143. The Hall–Kier alpha value is -3.19. The number of benzene rings is 2. The first-order valence-electron chi connectivity index (χ1n) is 8.95.